The summed E-state index contributed by atoms with van der Waals surface area (Å²) in [5.74, 6) is 0.222. The first kappa shape index (κ1) is 33.1. The molecule has 43 heavy (non-hydrogen) atoms. The number of phenolic OH excluding ortho intramolecular Hbond substituents is 1. The van der Waals surface area contributed by atoms with Crippen LogP contribution in [-0.2, 0) is 12.6 Å². The van der Waals surface area contributed by atoms with Crippen molar-refractivity contribution < 1.29 is 23.4 Å². The van der Waals surface area contributed by atoms with Gasteiger partial charge in [-0.15, -0.1) is 23.1 Å². The number of aliphatic hydroxyl groups excluding tert-OH is 1. The zero-order chi connectivity index (χ0) is 30.8. The molecule has 0 amide bonds. The molecule has 0 aliphatic heterocycles. The van der Waals surface area contributed by atoms with Gasteiger partial charge >= 0.3 is 6.18 Å². The van der Waals surface area contributed by atoms with Gasteiger partial charge in [-0.2, -0.15) is 13.2 Å². The molecule has 3 aromatic carbocycles. The van der Waals surface area contributed by atoms with E-state index in [1.54, 1.807) is 6.07 Å². The summed E-state index contributed by atoms with van der Waals surface area (Å²) in [4.78, 5) is 6.53. The molecule has 0 aliphatic rings. The van der Waals surface area contributed by atoms with Gasteiger partial charge in [0.15, 0.2) is 0 Å². The average Bonchev–Trinajstić information content (AvgIpc) is 3.37. The topological polar surface area (TPSA) is 53.4 Å². The zero-order valence-electron chi connectivity index (χ0n) is 24.7. The monoisotopic (exact) mass is 627 g/mol. The quantitative estimate of drug-likeness (QED) is 0.102. The largest absolute Gasteiger partial charge is 0.508 e. The second-order valence-corrected chi connectivity index (χ2v) is 13.3. The van der Waals surface area contributed by atoms with Gasteiger partial charge in [-0.25, -0.2) is 4.98 Å². The van der Waals surface area contributed by atoms with Crippen molar-refractivity contribution in [3.8, 4) is 16.3 Å². The summed E-state index contributed by atoms with van der Waals surface area (Å²) < 4.78 is 39.2. The van der Waals surface area contributed by atoms with E-state index in [1.807, 2.05) is 26.0 Å². The fourth-order valence-corrected chi connectivity index (χ4v) is 7.77. The minimum Gasteiger partial charge on any atom is -0.508 e. The SMILES string of the molecule is Cc1cc(SC(c2sc(-c3ccc(C(F)(F)F)cc3)nc2C)C(O)CCCCCCCCCc2ccccc2)ccc1O. The van der Waals surface area contributed by atoms with Gasteiger partial charge in [0.25, 0.3) is 0 Å². The Morgan fingerprint density at radius 3 is 2.14 bits per heavy atom. The number of aromatic hydroxyl groups is 1. The van der Waals surface area contributed by atoms with Crippen molar-refractivity contribution >= 4 is 23.1 Å². The van der Waals surface area contributed by atoms with Crippen molar-refractivity contribution in [1.29, 1.82) is 0 Å². The van der Waals surface area contributed by atoms with E-state index in [2.05, 4.69) is 35.3 Å². The summed E-state index contributed by atoms with van der Waals surface area (Å²) in [5.41, 5.74) is 2.85. The van der Waals surface area contributed by atoms with Gasteiger partial charge in [0, 0.05) is 15.3 Å². The number of aryl methyl sites for hydroxylation is 3. The minimum absolute atomic E-state index is 0.222. The number of unbranched alkanes of at least 4 members (excludes halogenated alkanes) is 6. The number of phenols is 1. The Kier molecular flexibility index (Phi) is 12.1. The summed E-state index contributed by atoms with van der Waals surface area (Å²) in [6.07, 6.45) is 4.74. The summed E-state index contributed by atoms with van der Waals surface area (Å²) in [6.45, 7) is 3.73. The highest BCUT2D eigenvalue weighted by molar-refractivity contribution is 7.99. The van der Waals surface area contributed by atoms with E-state index >= 15 is 0 Å². The van der Waals surface area contributed by atoms with E-state index < -0.39 is 17.8 Å². The number of hydrogen-bond donors (Lipinski definition) is 2. The maximum atomic E-state index is 13.1. The van der Waals surface area contributed by atoms with Crippen LogP contribution >= 0.6 is 23.1 Å². The highest BCUT2D eigenvalue weighted by Crippen LogP contribution is 2.45. The molecule has 0 fully saturated rings. The number of thiazole rings is 1. The molecule has 0 bridgehead atoms. The molecule has 3 nitrogen and oxygen atoms in total. The van der Waals surface area contributed by atoms with Gasteiger partial charge in [-0.1, -0.05) is 81.0 Å². The van der Waals surface area contributed by atoms with Crippen LogP contribution in [0.25, 0.3) is 10.6 Å². The van der Waals surface area contributed by atoms with Gasteiger partial charge in [0.05, 0.1) is 22.6 Å². The predicted octanol–water partition coefficient (Wildman–Crippen LogP) is 10.7. The molecule has 0 aliphatic carbocycles. The smallest absolute Gasteiger partial charge is 0.416 e. The zero-order valence-corrected chi connectivity index (χ0v) is 26.4. The average molecular weight is 628 g/mol. The van der Waals surface area contributed by atoms with Gasteiger partial charge in [0.1, 0.15) is 10.8 Å². The lowest BCUT2D eigenvalue weighted by Gasteiger charge is -2.22. The number of hydrogen-bond acceptors (Lipinski definition) is 5. The second kappa shape index (κ2) is 15.8. The summed E-state index contributed by atoms with van der Waals surface area (Å²) >= 11 is 2.96. The highest BCUT2D eigenvalue weighted by Gasteiger charge is 2.31. The van der Waals surface area contributed by atoms with E-state index in [1.165, 1.54) is 66.5 Å². The van der Waals surface area contributed by atoms with Crippen LogP contribution in [-0.4, -0.2) is 21.3 Å². The van der Waals surface area contributed by atoms with Crippen LogP contribution in [0.1, 0.15) is 83.9 Å². The molecule has 0 spiro atoms. The Labute approximate surface area is 261 Å². The lowest BCUT2D eigenvalue weighted by molar-refractivity contribution is -0.137. The first-order valence-corrected chi connectivity index (χ1v) is 16.6. The predicted molar refractivity (Wildman–Crippen MR) is 172 cm³/mol. The Bertz CT molecular complexity index is 1420. The summed E-state index contributed by atoms with van der Waals surface area (Å²) in [5, 5.41) is 21.8. The lowest BCUT2D eigenvalue weighted by Crippen LogP contribution is -2.16. The molecule has 4 aromatic rings. The standard InChI is InChI=1S/C35H40F3NO2S2/c1-24-23-29(21-22-30(24)40)42-33(31(41)16-12-7-5-3-4-6-9-13-26-14-10-8-11-15-26)32-25(2)39-34(43-32)27-17-19-28(20-18-27)35(36,37)38/h8,10-11,14-15,17-23,31,33,40-41H,3-7,9,12-13,16H2,1-2H3. The number of rotatable bonds is 15. The number of benzene rings is 3. The maximum Gasteiger partial charge on any atom is 0.416 e. The normalized spacial score (nSPS) is 13.3. The first-order chi connectivity index (χ1) is 20.6. The van der Waals surface area contributed by atoms with Crippen molar-refractivity contribution in [2.45, 2.75) is 94.1 Å². The van der Waals surface area contributed by atoms with Crippen LogP contribution < -0.4 is 0 Å². The Balaban J connectivity index is 1.36. The molecular formula is C35H40F3NO2S2. The third kappa shape index (κ3) is 9.85. The lowest BCUT2D eigenvalue weighted by atomic mass is 10.0. The molecule has 2 atom stereocenters. The number of alkyl halides is 3. The molecule has 230 valence electrons. The van der Waals surface area contributed by atoms with Gasteiger partial charge in [-0.3, -0.25) is 0 Å². The Morgan fingerprint density at radius 1 is 0.837 bits per heavy atom. The summed E-state index contributed by atoms with van der Waals surface area (Å²) in [6, 6.07) is 21.1. The summed E-state index contributed by atoms with van der Waals surface area (Å²) in [7, 11) is 0. The molecule has 1 aromatic heterocycles. The molecule has 2 N–H and O–H groups in total. The molecular weight excluding hydrogens is 588 g/mol. The number of aromatic nitrogens is 1. The van der Waals surface area contributed by atoms with E-state index in [9.17, 15) is 23.4 Å². The van der Waals surface area contributed by atoms with Crippen LogP contribution in [0, 0.1) is 13.8 Å². The second-order valence-electron chi connectivity index (χ2n) is 11.1. The molecule has 0 radical (unpaired) electrons. The Hall–Kier alpha value is -2.81. The van der Waals surface area contributed by atoms with Gasteiger partial charge < -0.3 is 10.2 Å². The molecule has 8 heteroatoms. The van der Waals surface area contributed by atoms with Crippen molar-refractivity contribution in [3.05, 3.63) is 100 Å². The van der Waals surface area contributed by atoms with Crippen LogP contribution in [0.5, 0.6) is 5.75 Å². The number of halogens is 3. The number of nitrogens with zero attached hydrogens (tertiary/aromatic N) is 1. The molecule has 0 saturated heterocycles. The molecule has 1 heterocycles. The minimum atomic E-state index is -4.39. The van der Waals surface area contributed by atoms with Crippen molar-refractivity contribution in [2.24, 2.45) is 0 Å². The van der Waals surface area contributed by atoms with Gasteiger partial charge in [0.2, 0.25) is 0 Å². The molecule has 2 unspecified atom stereocenters. The maximum absolute atomic E-state index is 13.1. The highest BCUT2D eigenvalue weighted by atomic mass is 32.2. The molecule has 0 saturated carbocycles. The fraction of sp³-hybridized carbons (Fsp3) is 0.400. The van der Waals surface area contributed by atoms with Crippen molar-refractivity contribution in [2.75, 3.05) is 0 Å². The van der Waals surface area contributed by atoms with E-state index in [-0.39, 0.29) is 11.0 Å². The van der Waals surface area contributed by atoms with E-state index in [0.29, 0.717) is 17.0 Å². The third-order valence-electron chi connectivity index (χ3n) is 7.64. The van der Waals surface area contributed by atoms with Crippen LogP contribution in [0.3, 0.4) is 0 Å². The van der Waals surface area contributed by atoms with Crippen LogP contribution in [0.15, 0.2) is 77.7 Å². The van der Waals surface area contributed by atoms with E-state index in [4.69, 9.17) is 0 Å². The van der Waals surface area contributed by atoms with Crippen molar-refractivity contribution in [1.82, 2.24) is 4.98 Å². The number of aliphatic hydroxyl groups is 1. The van der Waals surface area contributed by atoms with Crippen LogP contribution in [0.4, 0.5) is 13.2 Å². The first-order valence-electron chi connectivity index (χ1n) is 14.9. The fourth-order valence-electron chi connectivity index (χ4n) is 5.11. The van der Waals surface area contributed by atoms with E-state index in [0.717, 1.165) is 58.8 Å². The third-order valence-corrected chi connectivity index (χ3v) is 10.4. The van der Waals surface area contributed by atoms with Gasteiger partial charge in [-0.05, 0) is 74.6 Å². The Morgan fingerprint density at radius 2 is 1.49 bits per heavy atom. The number of thioether (sulfide) groups is 1. The van der Waals surface area contributed by atoms with Crippen LogP contribution in [0.2, 0.25) is 0 Å². The molecule has 4 rings (SSSR count). The van der Waals surface area contributed by atoms with Crippen molar-refractivity contribution in [3.63, 3.8) is 0 Å².